The Morgan fingerprint density at radius 3 is 2.69 bits per heavy atom. The Morgan fingerprint density at radius 1 is 1.03 bits per heavy atom. The number of fused-ring (bicyclic) bond motifs is 2. The van der Waals surface area contributed by atoms with Crippen LogP contribution in [0.1, 0.15) is 33.5 Å². The van der Waals surface area contributed by atoms with E-state index in [2.05, 4.69) is 0 Å². The van der Waals surface area contributed by atoms with E-state index in [1.165, 1.54) is 0 Å². The molecule has 4 aromatic rings. The Balaban J connectivity index is 1.75. The van der Waals surface area contributed by atoms with E-state index in [9.17, 15) is 9.59 Å². The highest BCUT2D eigenvalue weighted by Crippen LogP contribution is 2.39. The van der Waals surface area contributed by atoms with E-state index in [1.807, 2.05) is 24.3 Å². The van der Waals surface area contributed by atoms with Crippen LogP contribution in [0, 0.1) is 0 Å². The molecule has 5 rings (SSSR count). The summed E-state index contributed by atoms with van der Waals surface area (Å²) in [6.45, 7) is 0.216. The minimum atomic E-state index is -0.599. The minimum absolute atomic E-state index is 0.0769. The zero-order chi connectivity index (χ0) is 20.0. The number of para-hydroxylation sites is 1. The topological polar surface area (TPSA) is 72.9 Å². The van der Waals surface area contributed by atoms with Crippen LogP contribution in [0.15, 0.2) is 80.6 Å². The molecule has 1 aliphatic rings. The minimum Gasteiger partial charge on any atom is -0.497 e. The van der Waals surface area contributed by atoms with Gasteiger partial charge in [0, 0.05) is 0 Å². The monoisotopic (exact) mass is 387 g/mol. The second kappa shape index (κ2) is 6.67. The molecule has 6 nitrogen and oxygen atoms in total. The Labute approximate surface area is 165 Å². The van der Waals surface area contributed by atoms with Gasteiger partial charge in [0.1, 0.15) is 17.1 Å². The molecule has 2 aromatic carbocycles. The molecule has 144 valence electrons. The third kappa shape index (κ3) is 2.72. The summed E-state index contributed by atoms with van der Waals surface area (Å²) in [5.41, 5.74) is 1.30. The SMILES string of the molecule is COc1cccc([C@H]2c3c(oc4ccccc4c3=O)C(=O)N2Cc2ccco2)c1. The van der Waals surface area contributed by atoms with Crippen molar-refractivity contribution in [2.75, 3.05) is 7.11 Å². The van der Waals surface area contributed by atoms with Crippen LogP contribution in [0.5, 0.6) is 5.75 Å². The highest BCUT2D eigenvalue weighted by atomic mass is 16.5. The Bertz CT molecular complexity index is 1270. The molecule has 3 heterocycles. The van der Waals surface area contributed by atoms with E-state index in [-0.39, 0.29) is 23.6 Å². The van der Waals surface area contributed by atoms with E-state index < -0.39 is 6.04 Å². The lowest BCUT2D eigenvalue weighted by Gasteiger charge is -2.24. The molecule has 0 saturated heterocycles. The van der Waals surface area contributed by atoms with Gasteiger partial charge in [-0.2, -0.15) is 0 Å². The van der Waals surface area contributed by atoms with Gasteiger partial charge in [0.25, 0.3) is 5.91 Å². The molecule has 29 heavy (non-hydrogen) atoms. The quantitative estimate of drug-likeness (QED) is 0.526. The van der Waals surface area contributed by atoms with E-state index in [0.717, 1.165) is 5.56 Å². The second-order valence-corrected chi connectivity index (χ2v) is 6.86. The molecule has 1 aliphatic heterocycles. The fourth-order valence-electron chi connectivity index (χ4n) is 3.86. The van der Waals surface area contributed by atoms with Crippen molar-refractivity contribution in [1.82, 2.24) is 4.90 Å². The molecule has 0 spiro atoms. The van der Waals surface area contributed by atoms with Gasteiger partial charge in [0.05, 0.1) is 36.9 Å². The summed E-state index contributed by atoms with van der Waals surface area (Å²) >= 11 is 0. The van der Waals surface area contributed by atoms with E-state index in [1.54, 1.807) is 54.7 Å². The standard InChI is InChI=1S/C23H17NO5/c1-27-15-7-4-6-14(12-15)20-19-21(25)17-9-2-3-10-18(17)29-22(19)23(26)24(20)13-16-8-5-11-28-16/h2-12,20H,13H2,1H3/t20-/m0/s1. The molecule has 1 atom stereocenters. The van der Waals surface area contributed by atoms with Gasteiger partial charge >= 0.3 is 0 Å². The van der Waals surface area contributed by atoms with Gasteiger partial charge in [0.15, 0.2) is 5.43 Å². The maximum atomic E-state index is 13.4. The van der Waals surface area contributed by atoms with Crippen LogP contribution in [-0.4, -0.2) is 17.9 Å². The van der Waals surface area contributed by atoms with Crippen molar-refractivity contribution in [1.29, 1.82) is 0 Å². The first kappa shape index (κ1) is 17.3. The maximum absolute atomic E-state index is 13.4. The first-order valence-corrected chi connectivity index (χ1v) is 9.20. The van der Waals surface area contributed by atoms with Crippen molar-refractivity contribution in [3.8, 4) is 5.75 Å². The van der Waals surface area contributed by atoms with Crippen LogP contribution in [-0.2, 0) is 6.54 Å². The van der Waals surface area contributed by atoms with Crippen molar-refractivity contribution in [2.24, 2.45) is 0 Å². The molecule has 0 radical (unpaired) electrons. The number of ether oxygens (including phenoxy) is 1. The molecule has 0 unspecified atom stereocenters. The highest BCUT2D eigenvalue weighted by molar-refractivity contribution is 5.99. The van der Waals surface area contributed by atoms with Crippen LogP contribution in [0.25, 0.3) is 11.0 Å². The lowest BCUT2D eigenvalue weighted by atomic mass is 9.98. The Kier molecular flexibility index (Phi) is 3.98. The molecular weight excluding hydrogens is 370 g/mol. The van der Waals surface area contributed by atoms with E-state index in [4.69, 9.17) is 13.6 Å². The lowest BCUT2D eigenvalue weighted by Crippen LogP contribution is -2.29. The summed E-state index contributed by atoms with van der Waals surface area (Å²) in [4.78, 5) is 28.2. The number of methoxy groups -OCH3 is 1. The third-order valence-electron chi connectivity index (χ3n) is 5.19. The van der Waals surface area contributed by atoms with E-state index in [0.29, 0.717) is 28.0 Å². The number of benzene rings is 2. The van der Waals surface area contributed by atoms with Crippen molar-refractivity contribution < 1.29 is 18.4 Å². The molecule has 2 aromatic heterocycles. The average molecular weight is 387 g/mol. The average Bonchev–Trinajstić information content (AvgIpc) is 3.36. The Hall–Kier alpha value is -3.80. The fraction of sp³-hybridized carbons (Fsp3) is 0.130. The summed E-state index contributed by atoms with van der Waals surface area (Å²) in [6.07, 6.45) is 1.56. The summed E-state index contributed by atoms with van der Waals surface area (Å²) in [7, 11) is 1.58. The number of amides is 1. The number of hydrogen-bond acceptors (Lipinski definition) is 5. The van der Waals surface area contributed by atoms with Crippen molar-refractivity contribution in [3.63, 3.8) is 0 Å². The smallest absolute Gasteiger partial charge is 0.291 e. The van der Waals surface area contributed by atoms with E-state index >= 15 is 0 Å². The van der Waals surface area contributed by atoms with Gasteiger partial charge in [-0.1, -0.05) is 24.3 Å². The number of rotatable bonds is 4. The third-order valence-corrected chi connectivity index (χ3v) is 5.19. The van der Waals surface area contributed by atoms with Crippen molar-refractivity contribution in [2.45, 2.75) is 12.6 Å². The number of carbonyl (C=O) groups is 1. The van der Waals surface area contributed by atoms with Crippen LogP contribution < -0.4 is 10.2 Å². The summed E-state index contributed by atoms with van der Waals surface area (Å²) in [6, 6.07) is 17.3. The molecule has 0 N–H and O–H groups in total. The molecule has 0 bridgehead atoms. The lowest BCUT2D eigenvalue weighted by molar-refractivity contribution is 0.0701. The summed E-state index contributed by atoms with van der Waals surface area (Å²) in [5, 5.41) is 0.451. The Morgan fingerprint density at radius 2 is 1.90 bits per heavy atom. The molecule has 0 fully saturated rings. The van der Waals surface area contributed by atoms with Crippen LogP contribution in [0.4, 0.5) is 0 Å². The fourth-order valence-corrected chi connectivity index (χ4v) is 3.86. The maximum Gasteiger partial charge on any atom is 0.291 e. The molecule has 1 amide bonds. The van der Waals surface area contributed by atoms with Crippen molar-refractivity contribution in [3.05, 3.63) is 99.8 Å². The molecule has 0 saturated carbocycles. The largest absolute Gasteiger partial charge is 0.497 e. The first-order chi connectivity index (χ1) is 14.2. The van der Waals surface area contributed by atoms with Gasteiger partial charge in [-0.3, -0.25) is 9.59 Å². The zero-order valence-electron chi connectivity index (χ0n) is 15.6. The van der Waals surface area contributed by atoms with Crippen LogP contribution >= 0.6 is 0 Å². The number of nitrogens with zero attached hydrogens (tertiary/aromatic N) is 1. The molecular formula is C23H17NO5. The molecule has 6 heteroatoms. The number of furan rings is 1. The van der Waals surface area contributed by atoms with Gasteiger partial charge < -0.3 is 18.5 Å². The highest BCUT2D eigenvalue weighted by Gasteiger charge is 2.43. The van der Waals surface area contributed by atoms with Gasteiger partial charge in [-0.25, -0.2) is 0 Å². The summed E-state index contributed by atoms with van der Waals surface area (Å²) < 4.78 is 16.7. The van der Waals surface area contributed by atoms with Gasteiger partial charge in [0.2, 0.25) is 5.76 Å². The van der Waals surface area contributed by atoms with Crippen LogP contribution in [0.3, 0.4) is 0 Å². The predicted octanol–water partition coefficient (Wildman–Crippen LogP) is 4.14. The van der Waals surface area contributed by atoms with Crippen LogP contribution in [0.2, 0.25) is 0 Å². The zero-order valence-corrected chi connectivity index (χ0v) is 15.6. The second-order valence-electron chi connectivity index (χ2n) is 6.86. The predicted molar refractivity (Wildman–Crippen MR) is 106 cm³/mol. The van der Waals surface area contributed by atoms with Crippen molar-refractivity contribution >= 4 is 16.9 Å². The number of hydrogen-bond donors (Lipinski definition) is 0. The van der Waals surface area contributed by atoms with Gasteiger partial charge in [-0.05, 0) is 42.0 Å². The number of carbonyl (C=O) groups excluding carboxylic acids is 1. The summed E-state index contributed by atoms with van der Waals surface area (Å²) in [5.74, 6) is 1.00. The normalized spacial score (nSPS) is 15.7. The first-order valence-electron chi connectivity index (χ1n) is 9.20. The molecule has 0 aliphatic carbocycles. The van der Waals surface area contributed by atoms with Gasteiger partial charge in [-0.15, -0.1) is 0 Å².